The van der Waals surface area contributed by atoms with Crippen LogP contribution in [0.3, 0.4) is 0 Å². The molecule has 0 saturated carbocycles. The molecule has 132 valence electrons. The molecule has 4 aromatic rings. The van der Waals surface area contributed by atoms with Gasteiger partial charge in [0.25, 0.3) is 0 Å². The predicted molar refractivity (Wildman–Crippen MR) is 102 cm³/mol. The van der Waals surface area contributed by atoms with Crippen LogP contribution in [0.4, 0.5) is 0 Å². The molecule has 26 heavy (non-hydrogen) atoms. The van der Waals surface area contributed by atoms with E-state index in [0.717, 1.165) is 23.0 Å². The normalized spacial score (nSPS) is 12.0. The monoisotopic (exact) mass is 347 g/mol. The van der Waals surface area contributed by atoms with Gasteiger partial charge < -0.3 is 4.57 Å². The Hall–Kier alpha value is -3.08. The molecule has 2 heterocycles. The Morgan fingerprint density at radius 3 is 2.50 bits per heavy atom. The number of aromatic nitrogens is 3. The lowest BCUT2D eigenvalue weighted by atomic mass is 9.87. The number of hydrogen-bond donors (Lipinski definition) is 1. The van der Waals surface area contributed by atoms with Crippen molar-refractivity contribution in [2.75, 3.05) is 0 Å². The van der Waals surface area contributed by atoms with Crippen molar-refractivity contribution in [2.45, 2.75) is 32.7 Å². The standard InChI is InChI=1S/C21H21N3O2/c1-21(2,3)17-8-4-14(5-9-17)13-24-11-10-15-6-7-16(12-18(15)24)19-22-20(25)26-23-19/h4-12H,13H2,1-3H3,(H,22,23,25). The van der Waals surface area contributed by atoms with E-state index >= 15 is 0 Å². The highest BCUT2D eigenvalue weighted by Crippen LogP contribution is 2.25. The second kappa shape index (κ2) is 6.02. The van der Waals surface area contributed by atoms with Crippen LogP contribution in [0, 0.1) is 0 Å². The molecule has 5 heteroatoms. The summed E-state index contributed by atoms with van der Waals surface area (Å²) in [6, 6.07) is 16.8. The van der Waals surface area contributed by atoms with E-state index in [-0.39, 0.29) is 5.41 Å². The molecule has 5 nitrogen and oxygen atoms in total. The predicted octanol–water partition coefficient (Wildman–Crippen LogP) is 4.33. The first-order chi connectivity index (χ1) is 12.4. The lowest BCUT2D eigenvalue weighted by molar-refractivity contribution is 0.388. The van der Waals surface area contributed by atoms with Crippen LogP contribution in [-0.4, -0.2) is 14.7 Å². The van der Waals surface area contributed by atoms with Crippen molar-refractivity contribution >= 4 is 10.9 Å². The Kier molecular flexibility index (Phi) is 3.80. The summed E-state index contributed by atoms with van der Waals surface area (Å²) in [5.74, 6) is -0.103. The highest BCUT2D eigenvalue weighted by molar-refractivity contribution is 5.84. The number of nitrogens with one attached hydrogen (secondary N) is 1. The third kappa shape index (κ3) is 3.08. The van der Waals surface area contributed by atoms with Crippen molar-refractivity contribution < 1.29 is 4.52 Å². The number of rotatable bonds is 3. The number of aromatic amines is 1. The summed E-state index contributed by atoms with van der Waals surface area (Å²) in [6.45, 7) is 7.44. The summed E-state index contributed by atoms with van der Waals surface area (Å²) < 4.78 is 6.81. The fourth-order valence-corrected chi connectivity index (χ4v) is 3.13. The van der Waals surface area contributed by atoms with E-state index in [1.807, 2.05) is 18.2 Å². The lowest BCUT2D eigenvalue weighted by Crippen LogP contribution is -2.10. The second-order valence-corrected chi connectivity index (χ2v) is 7.61. The van der Waals surface area contributed by atoms with Gasteiger partial charge in [-0.3, -0.25) is 9.51 Å². The van der Waals surface area contributed by atoms with E-state index in [9.17, 15) is 4.79 Å². The molecule has 4 rings (SSSR count). The van der Waals surface area contributed by atoms with E-state index in [4.69, 9.17) is 0 Å². The smallest absolute Gasteiger partial charge is 0.343 e. The van der Waals surface area contributed by atoms with E-state index in [0.29, 0.717) is 5.82 Å². The van der Waals surface area contributed by atoms with Crippen molar-refractivity contribution in [3.63, 3.8) is 0 Å². The first-order valence-electron chi connectivity index (χ1n) is 8.65. The van der Waals surface area contributed by atoms with Crippen molar-refractivity contribution in [3.8, 4) is 11.4 Å². The molecular formula is C21H21N3O2. The summed E-state index contributed by atoms with van der Waals surface area (Å²) in [6.07, 6.45) is 2.08. The number of hydrogen-bond acceptors (Lipinski definition) is 3. The van der Waals surface area contributed by atoms with Crippen LogP contribution in [0.5, 0.6) is 0 Å². The van der Waals surface area contributed by atoms with E-state index < -0.39 is 5.76 Å². The third-order valence-corrected chi connectivity index (χ3v) is 4.66. The van der Waals surface area contributed by atoms with Gasteiger partial charge in [0.1, 0.15) is 0 Å². The molecule has 0 amide bonds. The van der Waals surface area contributed by atoms with Crippen LogP contribution in [-0.2, 0) is 12.0 Å². The second-order valence-electron chi connectivity index (χ2n) is 7.61. The van der Waals surface area contributed by atoms with Gasteiger partial charge >= 0.3 is 5.76 Å². The van der Waals surface area contributed by atoms with Gasteiger partial charge in [-0.1, -0.05) is 62.3 Å². The Bertz CT molecular complexity index is 1110. The van der Waals surface area contributed by atoms with Crippen LogP contribution >= 0.6 is 0 Å². The van der Waals surface area contributed by atoms with Gasteiger partial charge in [0.2, 0.25) is 0 Å². The zero-order valence-corrected chi connectivity index (χ0v) is 15.1. The zero-order chi connectivity index (χ0) is 18.3. The van der Waals surface area contributed by atoms with Gasteiger partial charge in [-0.15, -0.1) is 0 Å². The quantitative estimate of drug-likeness (QED) is 0.600. The Balaban J connectivity index is 1.67. The molecule has 0 atom stereocenters. The average Bonchev–Trinajstić information content (AvgIpc) is 3.21. The largest absolute Gasteiger partial charge is 0.439 e. The molecule has 0 fully saturated rings. The minimum absolute atomic E-state index is 0.155. The number of benzene rings is 2. The molecule has 1 N–H and O–H groups in total. The van der Waals surface area contributed by atoms with Crippen molar-refractivity contribution in [1.29, 1.82) is 0 Å². The molecule has 0 spiro atoms. The molecule has 0 aliphatic heterocycles. The fourth-order valence-electron chi connectivity index (χ4n) is 3.13. The third-order valence-electron chi connectivity index (χ3n) is 4.66. The summed E-state index contributed by atoms with van der Waals surface area (Å²) in [7, 11) is 0. The molecule has 0 saturated heterocycles. The highest BCUT2D eigenvalue weighted by atomic mass is 16.5. The van der Waals surface area contributed by atoms with Crippen LogP contribution in [0.1, 0.15) is 31.9 Å². The summed E-state index contributed by atoms with van der Waals surface area (Å²) in [5.41, 5.74) is 4.64. The SMILES string of the molecule is CC(C)(C)c1ccc(Cn2ccc3ccc(-c4noc(=O)[nH]4)cc32)cc1. The Morgan fingerprint density at radius 1 is 1.08 bits per heavy atom. The molecule has 0 unspecified atom stereocenters. The number of nitrogens with zero attached hydrogens (tertiary/aromatic N) is 2. The molecule has 0 aliphatic rings. The van der Waals surface area contributed by atoms with Gasteiger partial charge in [0, 0.05) is 23.8 Å². The van der Waals surface area contributed by atoms with Gasteiger partial charge in [0.15, 0.2) is 5.82 Å². The van der Waals surface area contributed by atoms with Gasteiger partial charge in [-0.25, -0.2) is 4.79 Å². The van der Waals surface area contributed by atoms with Crippen molar-refractivity contribution in [1.82, 2.24) is 14.7 Å². The number of H-pyrrole nitrogens is 1. The maximum Gasteiger partial charge on any atom is 0.439 e. The Morgan fingerprint density at radius 2 is 1.85 bits per heavy atom. The fraction of sp³-hybridized carbons (Fsp3) is 0.238. The summed E-state index contributed by atoms with van der Waals surface area (Å²) in [5, 5.41) is 4.92. The topological polar surface area (TPSA) is 63.8 Å². The van der Waals surface area contributed by atoms with Gasteiger partial charge in [0.05, 0.1) is 0 Å². The van der Waals surface area contributed by atoms with Crippen molar-refractivity contribution in [3.05, 3.63) is 76.4 Å². The van der Waals surface area contributed by atoms with Gasteiger partial charge in [-0.2, -0.15) is 0 Å². The van der Waals surface area contributed by atoms with E-state index in [1.165, 1.54) is 11.1 Å². The summed E-state index contributed by atoms with van der Waals surface area (Å²) >= 11 is 0. The van der Waals surface area contributed by atoms with Gasteiger partial charge in [-0.05, 0) is 34.1 Å². The first-order valence-corrected chi connectivity index (χ1v) is 8.65. The minimum Gasteiger partial charge on any atom is -0.343 e. The highest BCUT2D eigenvalue weighted by Gasteiger charge is 2.13. The van der Waals surface area contributed by atoms with Crippen LogP contribution in [0.2, 0.25) is 0 Å². The maximum absolute atomic E-state index is 11.2. The zero-order valence-electron chi connectivity index (χ0n) is 15.1. The van der Waals surface area contributed by atoms with Crippen LogP contribution < -0.4 is 5.76 Å². The van der Waals surface area contributed by atoms with Crippen molar-refractivity contribution in [2.24, 2.45) is 0 Å². The molecule has 0 bridgehead atoms. The average molecular weight is 347 g/mol. The molecular weight excluding hydrogens is 326 g/mol. The first kappa shape index (κ1) is 16.4. The number of fused-ring (bicyclic) bond motifs is 1. The van der Waals surface area contributed by atoms with E-state index in [2.05, 4.69) is 76.5 Å². The summed E-state index contributed by atoms with van der Waals surface area (Å²) in [4.78, 5) is 13.8. The van der Waals surface area contributed by atoms with Crippen LogP contribution in [0.25, 0.3) is 22.3 Å². The van der Waals surface area contributed by atoms with Crippen LogP contribution in [0.15, 0.2) is 64.0 Å². The molecule has 2 aromatic heterocycles. The lowest BCUT2D eigenvalue weighted by Gasteiger charge is -2.19. The molecule has 0 aliphatic carbocycles. The minimum atomic E-state index is -0.547. The maximum atomic E-state index is 11.2. The molecule has 0 radical (unpaired) electrons. The molecule has 2 aromatic carbocycles. The van der Waals surface area contributed by atoms with E-state index in [1.54, 1.807) is 0 Å². The Labute approximate surface area is 151 Å².